The van der Waals surface area contributed by atoms with Crippen LogP contribution in [0.25, 0.3) is 0 Å². The fourth-order valence-electron chi connectivity index (χ4n) is 3.19. The monoisotopic (exact) mass is 342 g/mol. The van der Waals surface area contributed by atoms with Crippen molar-refractivity contribution in [2.45, 2.75) is 45.1 Å². The molecule has 2 aromatic rings. The van der Waals surface area contributed by atoms with Crippen LogP contribution in [0.3, 0.4) is 0 Å². The van der Waals surface area contributed by atoms with E-state index in [2.05, 4.69) is 40.7 Å². The molecule has 0 radical (unpaired) electrons. The summed E-state index contributed by atoms with van der Waals surface area (Å²) < 4.78 is 5.82. The first kappa shape index (κ1) is 17.3. The van der Waals surface area contributed by atoms with Crippen LogP contribution >= 0.6 is 0 Å². The van der Waals surface area contributed by atoms with Crippen LogP contribution in [0.4, 0.5) is 4.79 Å². The summed E-state index contributed by atoms with van der Waals surface area (Å²) in [5, 5.41) is 13.0. The maximum Gasteiger partial charge on any atom is 0.315 e. The third-order valence-electron chi connectivity index (χ3n) is 4.54. The molecule has 1 atom stereocenters. The lowest BCUT2D eigenvalue weighted by molar-refractivity contribution is 0.231. The molecule has 3 rings (SSSR count). The molecule has 134 valence electrons. The van der Waals surface area contributed by atoms with Crippen LogP contribution < -0.4 is 15.4 Å². The molecule has 6 nitrogen and oxygen atoms in total. The standard InChI is InChI=1S/C19H26N4O2/c1-13(2)16-5-3-4-6-18(16)25-10-9-20-19(24)22-15-7-8-17-14(11-15)12-21-23-17/h3-6,12-13,15H,7-11H2,1-2H3,(H,21,23)(H2,20,22,24)/t15-/m0/s1. The summed E-state index contributed by atoms with van der Waals surface area (Å²) in [6, 6.07) is 8.05. The molecular weight excluding hydrogens is 316 g/mol. The molecule has 6 heteroatoms. The fourth-order valence-corrected chi connectivity index (χ4v) is 3.19. The Bertz CT molecular complexity index is 711. The molecule has 0 saturated heterocycles. The van der Waals surface area contributed by atoms with Crippen LogP contribution in [0.5, 0.6) is 5.75 Å². The van der Waals surface area contributed by atoms with Crippen molar-refractivity contribution in [2.75, 3.05) is 13.2 Å². The van der Waals surface area contributed by atoms with Crippen molar-refractivity contribution in [1.82, 2.24) is 20.8 Å². The Hall–Kier alpha value is -2.50. The highest BCUT2D eigenvalue weighted by Crippen LogP contribution is 2.25. The van der Waals surface area contributed by atoms with Crippen molar-refractivity contribution in [2.24, 2.45) is 0 Å². The first-order valence-electron chi connectivity index (χ1n) is 8.90. The van der Waals surface area contributed by atoms with Crippen LogP contribution in [-0.2, 0) is 12.8 Å². The van der Waals surface area contributed by atoms with Gasteiger partial charge < -0.3 is 15.4 Å². The van der Waals surface area contributed by atoms with Crippen molar-refractivity contribution < 1.29 is 9.53 Å². The Kier molecular flexibility index (Phi) is 5.58. The van der Waals surface area contributed by atoms with E-state index in [9.17, 15) is 4.79 Å². The molecular formula is C19H26N4O2. The Labute approximate surface area is 148 Å². The second-order valence-corrected chi connectivity index (χ2v) is 6.75. The van der Waals surface area contributed by atoms with Crippen LogP contribution in [-0.4, -0.2) is 35.4 Å². The van der Waals surface area contributed by atoms with E-state index in [1.165, 1.54) is 16.8 Å². The number of nitrogens with one attached hydrogen (secondary N) is 3. The smallest absolute Gasteiger partial charge is 0.315 e. The van der Waals surface area contributed by atoms with E-state index in [1.54, 1.807) is 0 Å². The molecule has 1 aromatic heterocycles. The molecule has 0 saturated carbocycles. The van der Waals surface area contributed by atoms with Gasteiger partial charge in [-0.05, 0) is 42.4 Å². The highest BCUT2D eigenvalue weighted by molar-refractivity contribution is 5.74. The van der Waals surface area contributed by atoms with Crippen LogP contribution in [0, 0.1) is 0 Å². The lowest BCUT2D eigenvalue weighted by Crippen LogP contribution is -2.45. The molecule has 0 fully saturated rings. The predicted octanol–water partition coefficient (Wildman–Crippen LogP) is 2.77. The number of ether oxygens (including phenoxy) is 1. The molecule has 25 heavy (non-hydrogen) atoms. The minimum absolute atomic E-state index is 0.141. The number of urea groups is 1. The number of hydrogen-bond donors (Lipinski definition) is 3. The minimum atomic E-state index is -0.141. The van der Waals surface area contributed by atoms with Gasteiger partial charge in [-0.2, -0.15) is 5.10 Å². The third kappa shape index (κ3) is 4.53. The highest BCUT2D eigenvalue weighted by Gasteiger charge is 2.21. The highest BCUT2D eigenvalue weighted by atomic mass is 16.5. The summed E-state index contributed by atoms with van der Waals surface area (Å²) in [5.74, 6) is 1.30. The van der Waals surface area contributed by atoms with E-state index < -0.39 is 0 Å². The molecule has 0 unspecified atom stereocenters. The van der Waals surface area contributed by atoms with E-state index >= 15 is 0 Å². The number of carbonyl (C=O) groups excluding carboxylic acids is 1. The zero-order chi connectivity index (χ0) is 17.6. The summed E-state index contributed by atoms with van der Waals surface area (Å²) in [7, 11) is 0. The average Bonchev–Trinajstić information content (AvgIpc) is 3.06. The Morgan fingerprint density at radius 1 is 1.40 bits per heavy atom. The number of hydrogen-bond acceptors (Lipinski definition) is 3. The molecule has 1 aromatic carbocycles. The van der Waals surface area contributed by atoms with Crippen molar-refractivity contribution in [3.05, 3.63) is 47.3 Å². The average molecular weight is 342 g/mol. The van der Waals surface area contributed by atoms with Crippen molar-refractivity contribution >= 4 is 6.03 Å². The van der Waals surface area contributed by atoms with Gasteiger partial charge in [0.15, 0.2) is 0 Å². The normalized spacial score (nSPS) is 16.4. The number of carbonyl (C=O) groups is 1. The third-order valence-corrected chi connectivity index (χ3v) is 4.54. The predicted molar refractivity (Wildman–Crippen MR) is 97.0 cm³/mol. The number of para-hydroxylation sites is 1. The SMILES string of the molecule is CC(C)c1ccccc1OCCNC(=O)N[C@H]1CCc2[nH]ncc2C1. The van der Waals surface area contributed by atoms with Gasteiger partial charge in [0.1, 0.15) is 12.4 Å². The van der Waals surface area contributed by atoms with Crippen LogP contribution in [0.1, 0.15) is 43.0 Å². The molecule has 1 aliphatic carbocycles. The van der Waals surface area contributed by atoms with Gasteiger partial charge >= 0.3 is 6.03 Å². The van der Waals surface area contributed by atoms with E-state index in [1.807, 2.05) is 24.4 Å². The number of aryl methyl sites for hydroxylation is 1. The molecule has 0 spiro atoms. The van der Waals surface area contributed by atoms with Gasteiger partial charge in [-0.3, -0.25) is 5.10 Å². The second-order valence-electron chi connectivity index (χ2n) is 6.75. The summed E-state index contributed by atoms with van der Waals surface area (Å²) in [6.07, 6.45) is 4.54. The number of amides is 2. The first-order chi connectivity index (χ1) is 12.1. The number of aromatic nitrogens is 2. The van der Waals surface area contributed by atoms with Gasteiger partial charge in [0.05, 0.1) is 12.7 Å². The fraction of sp³-hybridized carbons (Fsp3) is 0.474. The van der Waals surface area contributed by atoms with E-state index in [0.717, 1.165) is 25.0 Å². The molecule has 0 aliphatic heterocycles. The van der Waals surface area contributed by atoms with E-state index in [-0.39, 0.29) is 12.1 Å². The number of fused-ring (bicyclic) bond motifs is 1. The number of aromatic amines is 1. The quantitative estimate of drug-likeness (QED) is 0.706. The molecule has 3 N–H and O–H groups in total. The Balaban J connectivity index is 1.39. The summed E-state index contributed by atoms with van der Waals surface area (Å²) >= 11 is 0. The van der Waals surface area contributed by atoms with Gasteiger partial charge in [-0.1, -0.05) is 32.0 Å². The number of benzene rings is 1. The van der Waals surface area contributed by atoms with Gasteiger partial charge in [0.2, 0.25) is 0 Å². The van der Waals surface area contributed by atoms with E-state index in [4.69, 9.17) is 4.74 Å². The summed E-state index contributed by atoms with van der Waals surface area (Å²) in [5.41, 5.74) is 3.57. The zero-order valence-corrected chi connectivity index (χ0v) is 14.8. The lowest BCUT2D eigenvalue weighted by Gasteiger charge is -2.23. The maximum absolute atomic E-state index is 12.0. The van der Waals surface area contributed by atoms with Crippen molar-refractivity contribution in [3.63, 3.8) is 0 Å². The molecule has 1 aliphatic rings. The van der Waals surface area contributed by atoms with Crippen LogP contribution in [0.15, 0.2) is 30.5 Å². The second kappa shape index (κ2) is 8.05. The largest absolute Gasteiger partial charge is 0.491 e. The van der Waals surface area contributed by atoms with Gasteiger partial charge in [0.25, 0.3) is 0 Å². The Morgan fingerprint density at radius 3 is 3.08 bits per heavy atom. The van der Waals surface area contributed by atoms with E-state index in [0.29, 0.717) is 19.1 Å². The van der Waals surface area contributed by atoms with Crippen molar-refractivity contribution in [3.8, 4) is 5.75 Å². The minimum Gasteiger partial charge on any atom is -0.491 e. The topological polar surface area (TPSA) is 79.0 Å². The van der Waals surface area contributed by atoms with Gasteiger partial charge in [0, 0.05) is 11.7 Å². The number of nitrogens with zero attached hydrogens (tertiary/aromatic N) is 1. The molecule has 2 amide bonds. The molecule has 0 bridgehead atoms. The van der Waals surface area contributed by atoms with Gasteiger partial charge in [-0.25, -0.2) is 4.79 Å². The maximum atomic E-state index is 12.0. The van der Waals surface area contributed by atoms with Gasteiger partial charge in [-0.15, -0.1) is 0 Å². The van der Waals surface area contributed by atoms with Crippen molar-refractivity contribution in [1.29, 1.82) is 0 Å². The zero-order valence-electron chi connectivity index (χ0n) is 14.8. The number of rotatable bonds is 6. The molecule has 1 heterocycles. The number of H-pyrrole nitrogens is 1. The van der Waals surface area contributed by atoms with Crippen LogP contribution in [0.2, 0.25) is 0 Å². The first-order valence-corrected chi connectivity index (χ1v) is 8.90. The lowest BCUT2D eigenvalue weighted by atomic mass is 9.94. The Morgan fingerprint density at radius 2 is 2.24 bits per heavy atom. The summed E-state index contributed by atoms with van der Waals surface area (Å²) in [6.45, 7) is 5.21. The summed E-state index contributed by atoms with van der Waals surface area (Å²) in [4.78, 5) is 12.0.